The summed E-state index contributed by atoms with van der Waals surface area (Å²) in [6.07, 6.45) is 2.50. The van der Waals surface area contributed by atoms with Crippen molar-refractivity contribution in [3.8, 4) is 0 Å². The van der Waals surface area contributed by atoms with Crippen LogP contribution in [0.5, 0.6) is 0 Å². The summed E-state index contributed by atoms with van der Waals surface area (Å²) in [4.78, 5) is 4.23. The quantitative estimate of drug-likeness (QED) is 0.561. The van der Waals surface area contributed by atoms with E-state index in [9.17, 15) is 0 Å². The van der Waals surface area contributed by atoms with Crippen molar-refractivity contribution >= 4 is 16.9 Å². The molecule has 0 aliphatic carbocycles. The number of nitrogens with zero attached hydrogens (tertiary/aromatic N) is 1. The van der Waals surface area contributed by atoms with Crippen LogP contribution in [0.25, 0.3) is 11.0 Å². The van der Waals surface area contributed by atoms with Crippen LogP contribution < -0.4 is 10.6 Å². The van der Waals surface area contributed by atoms with Gasteiger partial charge in [0.1, 0.15) is 17.1 Å². The van der Waals surface area contributed by atoms with Gasteiger partial charge in [0.15, 0.2) is 5.96 Å². The summed E-state index contributed by atoms with van der Waals surface area (Å²) in [5, 5.41) is 7.71. The number of hydrogen-bond acceptors (Lipinski definition) is 3. The van der Waals surface area contributed by atoms with Crippen molar-refractivity contribution in [2.75, 3.05) is 13.6 Å². The van der Waals surface area contributed by atoms with Crippen LogP contribution in [-0.4, -0.2) is 19.6 Å². The molecular weight excluding hydrogens is 290 g/mol. The zero-order valence-corrected chi connectivity index (χ0v) is 13.4. The van der Waals surface area contributed by atoms with E-state index in [0.717, 1.165) is 41.4 Å². The minimum absolute atomic E-state index is 0.598. The van der Waals surface area contributed by atoms with Crippen LogP contribution in [0.1, 0.15) is 17.1 Å². The summed E-state index contributed by atoms with van der Waals surface area (Å²) in [5.74, 6) is 2.64. The Morgan fingerprint density at radius 2 is 2.00 bits per heavy atom. The molecule has 2 aromatic heterocycles. The predicted molar refractivity (Wildman–Crippen MR) is 91.6 cm³/mol. The highest BCUT2D eigenvalue weighted by Crippen LogP contribution is 2.24. The van der Waals surface area contributed by atoms with Gasteiger partial charge in [0.05, 0.1) is 12.8 Å². The van der Waals surface area contributed by atoms with E-state index < -0.39 is 0 Å². The van der Waals surface area contributed by atoms with Crippen LogP contribution in [0, 0.1) is 6.92 Å². The molecule has 0 saturated heterocycles. The molecule has 0 fully saturated rings. The lowest BCUT2D eigenvalue weighted by atomic mass is 10.1. The molecule has 5 nitrogen and oxygen atoms in total. The second-order valence-electron chi connectivity index (χ2n) is 5.33. The lowest BCUT2D eigenvalue weighted by molar-refractivity contribution is 0.505. The van der Waals surface area contributed by atoms with Crippen LogP contribution in [0.3, 0.4) is 0 Å². The standard InChI is InChI=1S/C18H21N3O2/c1-13-15-7-3-4-8-16(15)23-17(13)12-21-18(19-2)20-10-9-14-6-5-11-22-14/h3-8,11H,9-10,12H2,1-2H3,(H2,19,20,21). The Bertz CT molecular complexity index is 788. The van der Waals surface area contributed by atoms with Gasteiger partial charge in [0.2, 0.25) is 0 Å². The van der Waals surface area contributed by atoms with Gasteiger partial charge >= 0.3 is 0 Å². The Morgan fingerprint density at radius 1 is 1.13 bits per heavy atom. The minimum Gasteiger partial charge on any atom is -0.469 e. The number of nitrogens with one attached hydrogen (secondary N) is 2. The first kappa shape index (κ1) is 15.2. The Balaban J connectivity index is 1.55. The number of guanidine groups is 1. The average molecular weight is 311 g/mol. The number of fused-ring (bicyclic) bond motifs is 1. The van der Waals surface area contributed by atoms with Crippen molar-refractivity contribution in [1.29, 1.82) is 0 Å². The predicted octanol–water partition coefficient (Wildman–Crippen LogP) is 3.24. The maximum atomic E-state index is 5.90. The molecule has 0 atom stereocenters. The van der Waals surface area contributed by atoms with E-state index in [1.807, 2.05) is 30.3 Å². The van der Waals surface area contributed by atoms with Gasteiger partial charge < -0.3 is 19.5 Å². The molecule has 3 rings (SSSR count). The molecule has 1 aromatic carbocycles. The van der Waals surface area contributed by atoms with Gasteiger partial charge in [-0.1, -0.05) is 18.2 Å². The van der Waals surface area contributed by atoms with Crippen LogP contribution in [0.2, 0.25) is 0 Å². The summed E-state index contributed by atoms with van der Waals surface area (Å²) >= 11 is 0. The molecule has 0 radical (unpaired) electrons. The maximum absolute atomic E-state index is 5.90. The molecule has 2 N–H and O–H groups in total. The lowest BCUT2D eigenvalue weighted by Gasteiger charge is -2.10. The van der Waals surface area contributed by atoms with Crippen LogP contribution in [0.15, 0.2) is 56.5 Å². The highest BCUT2D eigenvalue weighted by molar-refractivity contribution is 5.82. The molecule has 23 heavy (non-hydrogen) atoms. The van der Waals surface area contributed by atoms with E-state index in [4.69, 9.17) is 8.83 Å². The number of aliphatic imine (C=N–C) groups is 1. The molecule has 0 unspecified atom stereocenters. The monoisotopic (exact) mass is 311 g/mol. The molecule has 0 bridgehead atoms. The number of para-hydroxylation sites is 1. The smallest absolute Gasteiger partial charge is 0.191 e. The van der Waals surface area contributed by atoms with Crippen molar-refractivity contribution in [2.24, 2.45) is 4.99 Å². The van der Waals surface area contributed by atoms with E-state index in [1.165, 1.54) is 5.56 Å². The third-order valence-corrected chi connectivity index (χ3v) is 3.83. The van der Waals surface area contributed by atoms with Crippen LogP contribution >= 0.6 is 0 Å². The molecule has 0 saturated carbocycles. The summed E-state index contributed by atoms with van der Waals surface area (Å²) in [6.45, 7) is 3.43. The number of rotatable bonds is 5. The molecule has 0 aliphatic rings. The zero-order chi connectivity index (χ0) is 16.1. The fraction of sp³-hybridized carbons (Fsp3) is 0.278. The lowest BCUT2D eigenvalue weighted by Crippen LogP contribution is -2.37. The van der Waals surface area contributed by atoms with Gasteiger partial charge in [0, 0.05) is 31.0 Å². The fourth-order valence-electron chi connectivity index (χ4n) is 2.54. The number of benzene rings is 1. The SMILES string of the molecule is CN=C(NCCc1ccco1)NCc1oc2ccccc2c1C. The number of aryl methyl sites for hydroxylation is 1. The zero-order valence-electron chi connectivity index (χ0n) is 13.4. The molecule has 0 spiro atoms. The fourth-order valence-corrected chi connectivity index (χ4v) is 2.54. The largest absolute Gasteiger partial charge is 0.469 e. The van der Waals surface area contributed by atoms with Gasteiger partial charge in [0.25, 0.3) is 0 Å². The van der Waals surface area contributed by atoms with Crippen molar-refractivity contribution in [3.05, 3.63) is 59.7 Å². The first-order chi connectivity index (χ1) is 11.3. The molecule has 120 valence electrons. The van der Waals surface area contributed by atoms with Crippen LogP contribution in [-0.2, 0) is 13.0 Å². The first-order valence-electron chi connectivity index (χ1n) is 7.72. The summed E-state index contributed by atoms with van der Waals surface area (Å²) in [7, 11) is 1.76. The van der Waals surface area contributed by atoms with Crippen molar-refractivity contribution in [3.63, 3.8) is 0 Å². The minimum atomic E-state index is 0.598. The molecule has 3 aromatic rings. The third kappa shape index (κ3) is 3.56. The Kier molecular flexibility index (Phi) is 4.66. The highest BCUT2D eigenvalue weighted by atomic mass is 16.3. The molecule has 5 heteroatoms. The summed E-state index contributed by atoms with van der Waals surface area (Å²) in [5.41, 5.74) is 2.08. The maximum Gasteiger partial charge on any atom is 0.191 e. The van der Waals surface area contributed by atoms with Gasteiger partial charge in [-0.05, 0) is 25.1 Å². The van der Waals surface area contributed by atoms with E-state index in [0.29, 0.717) is 6.54 Å². The van der Waals surface area contributed by atoms with E-state index in [-0.39, 0.29) is 0 Å². The van der Waals surface area contributed by atoms with Gasteiger partial charge in [-0.3, -0.25) is 4.99 Å². The Hall–Kier alpha value is -2.69. The Labute approximate surface area is 135 Å². The third-order valence-electron chi connectivity index (χ3n) is 3.83. The topological polar surface area (TPSA) is 62.7 Å². The van der Waals surface area contributed by atoms with Gasteiger partial charge in [-0.15, -0.1) is 0 Å². The molecule has 2 heterocycles. The number of hydrogen-bond donors (Lipinski definition) is 2. The van der Waals surface area contributed by atoms with E-state index in [2.05, 4.69) is 28.6 Å². The molecule has 0 aliphatic heterocycles. The summed E-state index contributed by atoms with van der Waals surface area (Å²) < 4.78 is 11.2. The van der Waals surface area contributed by atoms with Crippen LogP contribution in [0.4, 0.5) is 0 Å². The highest BCUT2D eigenvalue weighted by Gasteiger charge is 2.10. The van der Waals surface area contributed by atoms with Gasteiger partial charge in [-0.2, -0.15) is 0 Å². The average Bonchev–Trinajstić information content (AvgIpc) is 3.19. The first-order valence-corrected chi connectivity index (χ1v) is 7.72. The van der Waals surface area contributed by atoms with Gasteiger partial charge in [-0.25, -0.2) is 0 Å². The molecule has 0 amide bonds. The number of furan rings is 2. The Morgan fingerprint density at radius 3 is 2.74 bits per heavy atom. The van der Waals surface area contributed by atoms with Crippen molar-refractivity contribution in [1.82, 2.24) is 10.6 Å². The molecular formula is C18H21N3O2. The second kappa shape index (κ2) is 7.05. The second-order valence-corrected chi connectivity index (χ2v) is 5.33. The van der Waals surface area contributed by atoms with E-state index >= 15 is 0 Å². The van der Waals surface area contributed by atoms with E-state index in [1.54, 1.807) is 13.3 Å². The summed E-state index contributed by atoms with van der Waals surface area (Å²) in [6, 6.07) is 11.9. The van der Waals surface area contributed by atoms with Crippen molar-refractivity contribution < 1.29 is 8.83 Å². The van der Waals surface area contributed by atoms with Crippen molar-refractivity contribution in [2.45, 2.75) is 19.9 Å². The normalized spacial score (nSPS) is 11.8.